The van der Waals surface area contributed by atoms with Crippen LogP contribution in [0.4, 0.5) is 5.82 Å². The smallest absolute Gasteiger partial charge is 0.308 e. The van der Waals surface area contributed by atoms with Gasteiger partial charge < -0.3 is 9.47 Å². The third-order valence-corrected chi connectivity index (χ3v) is 6.97. The number of anilines is 1. The molecule has 0 spiro atoms. The Hall–Kier alpha value is -3.10. The van der Waals surface area contributed by atoms with E-state index < -0.39 is 7.59 Å². The Morgan fingerprint density at radius 1 is 0.966 bits per heavy atom. The summed E-state index contributed by atoms with van der Waals surface area (Å²) in [7, 11) is 6.31. The highest BCUT2D eigenvalue weighted by atomic mass is 31.2. The summed E-state index contributed by atoms with van der Waals surface area (Å²) < 4.78 is 26.9. The molecule has 0 aliphatic carbocycles. The van der Waals surface area contributed by atoms with Gasteiger partial charge in [0.25, 0.3) is 0 Å². The van der Waals surface area contributed by atoms with Crippen molar-refractivity contribution in [2.24, 2.45) is 0 Å². The van der Waals surface area contributed by atoms with Crippen molar-refractivity contribution < 1.29 is 14.0 Å². The van der Waals surface area contributed by atoms with Crippen molar-refractivity contribution in [1.29, 1.82) is 10.5 Å². The van der Waals surface area contributed by atoms with Gasteiger partial charge >= 0.3 is 7.59 Å². The molecule has 1 heterocycles. The highest BCUT2D eigenvalue weighted by Crippen LogP contribution is 2.50. The molecule has 2 aromatic rings. The van der Waals surface area contributed by atoms with E-state index in [2.05, 4.69) is 22.2 Å². The molecule has 0 aliphatic heterocycles. The first kappa shape index (κ1) is 22.2. The first-order chi connectivity index (χ1) is 13.7. The van der Waals surface area contributed by atoms with Gasteiger partial charge in [-0.3, -0.25) is 9.65 Å². The fourth-order valence-corrected chi connectivity index (χ4v) is 4.30. The molecule has 0 fully saturated rings. The second-order valence-corrected chi connectivity index (χ2v) is 9.31. The monoisotopic (exact) mass is 414 g/mol. The molecule has 0 radical (unpaired) electrons. The Labute approximate surface area is 170 Å². The van der Waals surface area contributed by atoms with Crippen LogP contribution in [0.5, 0.6) is 11.6 Å². The maximum atomic E-state index is 13.4. The molecular formula is C19H23N6O3P. The molecule has 1 aromatic carbocycles. The molecule has 9 nitrogen and oxygen atoms in total. The van der Waals surface area contributed by atoms with Crippen LogP contribution in [0.1, 0.15) is 11.1 Å². The second-order valence-electron chi connectivity index (χ2n) is 6.40. The van der Waals surface area contributed by atoms with Gasteiger partial charge in [-0.05, 0) is 45.9 Å². The summed E-state index contributed by atoms with van der Waals surface area (Å²) in [5.74, 6) is 0.735. The van der Waals surface area contributed by atoms with Crippen molar-refractivity contribution in [2.45, 2.75) is 0 Å². The Kier molecular flexibility index (Phi) is 6.84. The number of rotatable bonds is 7. The molecule has 0 bridgehead atoms. The maximum Gasteiger partial charge on any atom is 0.308 e. The number of nitriles is 2. The molecule has 1 N–H and O–H groups in total. The Morgan fingerprint density at radius 3 is 1.93 bits per heavy atom. The minimum atomic E-state index is -3.26. The molecule has 152 valence electrons. The highest BCUT2D eigenvalue weighted by Gasteiger charge is 2.32. The van der Waals surface area contributed by atoms with E-state index in [0.717, 1.165) is 0 Å². The summed E-state index contributed by atoms with van der Waals surface area (Å²) in [6.45, 7) is 0. The van der Waals surface area contributed by atoms with Crippen LogP contribution in [0.3, 0.4) is 0 Å². The SMILES string of the molecule is COc1ccc(-c2c(C#N)c(NP(=O)(N(C)C)N(C)C)nc(OC)c2C#N)cc1. The number of methoxy groups -OCH3 is 2. The zero-order chi connectivity index (χ0) is 21.8. The van der Waals surface area contributed by atoms with Crippen LogP contribution in [0.25, 0.3) is 11.1 Å². The van der Waals surface area contributed by atoms with E-state index in [-0.39, 0.29) is 22.8 Å². The van der Waals surface area contributed by atoms with E-state index in [1.165, 1.54) is 16.5 Å². The molecule has 29 heavy (non-hydrogen) atoms. The lowest BCUT2D eigenvalue weighted by Crippen LogP contribution is -2.26. The zero-order valence-electron chi connectivity index (χ0n) is 17.2. The molecule has 0 atom stereocenters. The average molecular weight is 414 g/mol. The molecular weight excluding hydrogens is 391 g/mol. The zero-order valence-corrected chi connectivity index (χ0v) is 18.1. The number of nitrogens with one attached hydrogen (secondary N) is 1. The summed E-state index contributed by atoms with van der Waals surface area (Å²) in [4.78, 5) is 4.27. The molecule has 0 unspecified atom stereocenters. The number of benzene rings is 1. The van der Waals surface area contributed by atoms with Gasteiger partial charge in [0.05, 0.1) is 14.2 Å². The molecule has 1 aromatic heterocycles. The summed E-state index contributed by atoms with van der Waals surface area (Å²) in [5.41, 5.74) is 1.16. The Balaban J connectivity index is 2.82. The number of pyridine rings is 1. The second kappa shape index (κ2) is 8.93. The van der Waals surface area contributed by atoms with Crippen LogP contribution in [-0.4, -0.2) is 56.7 Å². The Bertz CT molecular complexity index is 1010. The van der Waals surface area contributed by atoms with Crippen molar-refractivity contribution in [1.82, 2.24) is 14.3 Å². The predicted octanol–water partition coefficient (Wildman–Crippen LogP) is 3.15. The van der Waals surface area contributed by atoms with Crippen LogP contribution in [0, 0.1) is 22.7 Å². The van der Waals surface area contributed by atoms with E-state index in [1.807, 2.05) is 0 Å². The fourth-order valence-electron chi connectivity index (χ4n) is 2.75. The lowest BCUT2D eigenvalue weighted by Gasteiger charge is -2.31. The molecule has 2 rings (SSSR count). The normalized spacial score (nSPS) is 11.1. The first-order valence-electron chi connectivity index (χ1n) is 8.54. The maximum absolute atomic E-state index is 13.4. The number of hydrogen-bond donors (Lipinski definition) is 1. The van der Waals surface area contributed by atoms with Crippen molar-refractivity contribution in [3.63, 3.8) is 0 Å². The number of ether oxygens (including phenoxy) is 2. The molecule has 0 saturated carbocycles. The van der Waals surface area contributed by atoms with Crippen LogP contribution >= 0.6 is 7.59 Å². The van der Waals surface area contributed by atoms with Gasteiger partial charge in [0.1, 0.15) is 29.0 Å². The largest absolute Gasteiger partial charge is 0.497 e. The lowest BCUT2D eigenvalue weighted by atomic mass is 9.96. The topological polar surface area (TPSA) is 115 Å². The van der Waals surface area contributed by atoms with E-state index in [9.17, 15) is 15.1 Å². The fraction of sp³-hybridized carbons (Fsp3) is 0.316. The van der Waals surface area contributed by atoms with E-state index >= 15 is 0 Å². The summed E-state index contributed by atoms with van der Waals surface area (Å²) in [6, 6.07) is 11.1. The number of aromatic nitrogens is 1. The van der Waals surface area contributed by atoms with Gasteiger partial charge in [-0.15, -0.1) is 0 Å². The van der Waals surface area contributed by atoms with Gasteiger partial charge in [0, 0.05) is 5.56 Å². The predicted molar refractivity (Wildman–Crippen MR) is 111 cm³/mol. The van der Waals surface area contributed by atoms with Crippen molar-refractivity contribution >= 4 is 13.4 Å². The minimum Gasteiger partial charge on any atom is -0.497 e. The molecule has 0 aliphatic rings. The van der Waals surface area contributed by atoms with Crippen LogP contribution in [0.15, 0.2) is 24.3 Å². The van der Waals surface area contributed by atoms with Gasteiger partial charge in [-0.2, -0.15) is 15.5 Å². The third-order valence-electron chi connectivity index (χ3n) is 4.30. The van der Waals surface area contributed by atoms with Crippen molar-refractivity contribution in [2.75, 3.05) is 47.5 Å². The summed E-state index contributed by atoms with van der Waals surface area (Å²) >= 11 is 0. The standard InChI is InChI=1S/C19H23N6O3P/c1-24(2)29(26,25(3)4)23-18-15(11-20)17(16(12-21)19(22-18)28-6)13-7-9-14(27-5)10-8-13/h7-10H,1-6H3,(H,22,23,26). The number of nitrogens with zero attached hydrogens (tertiary/aromatic N) is 5. The minimum absolute atomic E-state index is 0.0314. The highest BCUT2D eigenvalue weighted by molar-refractivity contribution is 7.60. The quantitative estimate of drug-likeness (QED) is 0.682. The van der Waals surface area contributed by atoms with Crippen LogP contribution < -0.4 is 14.6 Å². The summed E-state index contributed by atoms with van der Waals surface area (Å²) in [6.07, 6.45) is 0. The van der Waals surface area contributed by atoms with Gasteiger partial charge in [-0.1, -0.05) is 12.1 Å². The molecule has 0 saturated heterocycles. The molecule has 10 heteroatoms. The third kappa shape index (κ3) is 4.18. The van der Waals surface area contributed by atoms with Gasteiger partial charge in [0.2, 0.25) is 5.88 Å². The van der Waals surface area contributed by atoms with Crippen LogP contribution in [-0.2, 0) is 4.57 Å². The first-order valence-corrected chi connectivity index (χ1v) is 10.1. The lowest BCUT2D eigenvalue weighted by molar-refractivity contribution is 0.397. The van der Waals surface area contributed by atoms with E-state index in [4.69, 9.17) is 9.47 Å². The van der Waals surface area contributed by atoms with Crippen molar-refractivity contribution in [3.8, 4) is 34.9 Å². The van der Waals surface area contributed by atoms with E-state index in [0.29, 0.717) is 16.9 Å². The van der Waals surface area contributed by atoms with Crippen molar-refractivity contribution in [3.05, 3.63) is 35.4 Å². The Morgan fingerprint density at radius 2 is 1.52 bits per heavy atom. The molecule has 0 amide bonds. The van der Waals surface area contributed by atoms with Crippen LogP contribution in [0.2, 0.25) is 0 Å². The van der Waals surface area contributed by atoms with Gasteiger partial charge in [0.15, 0.2) is 5.82 Å². The van der Waals surface area contributed by atoms with Gasteiger partial charge in [-0.25, -0.2) is 9.34 Å². The number of hydrogen-bond acceptors (Lipinski definition) is 6. The average Bonchev–Trinajstić information content (AvgIpc) is 2.72. The van der Waals surface area contributed by atoms with E-state index in [1.54, 1.807) is 59.6 Å². The summed E-state index contributed by atoms with van der Waals surface area (Å²) in [5, 5.41) is 22.5.